The highest BCUT2D eigenvalue weighted by Gasteiger charge is 2.30. The Labute approximate surface area is 162 Å². The number of morpholine rings is 1. The first-order valence-electron chi connectivity index (χ1n) is 8.99. The second-order valence-electron chi connectivity index (χ2n) is 6.56. The van der Waals surface area contributed by atoms with Gasteiger partial charge in [0.15, 0.2) is 18.1 Å². The Morgan fingerprint density at radius 1 is 1.18 bits per heavy atom. The van der Waals surface area contributed by atoms with E-state index in [9.17, 15) is 14.4 Å². The van der Waals surface area contributed by atoms with Gasteiger partial charge in [-0.1, -0.05) is 0 Å². The number of carbonyl (C=O) groups is 3. The number of nitrogens with zero attached hydrogens (tertiary/aromatic N) is 2. The van der Waals surface area contributed by atoms with Crippen molar-refractivity contribution in [3.05, 3.63) is 23.8 Å². The molecule has 28 heavy (non-hydrogen) atoms. The normalized spacial score (nSPS) is 16.9. The highest BCUT2D eigenvalue weighted by Crippen LogP contribution is 2.28. The molecule has 152 valence electrons. The lowest BCUT2D eigenvalue weighted by Gasteiger charge is -2.38. The molecule has 0 unspecified atom stereocenters. The first-order valence-corrected chi connectivity index (χ1v) is 8.99. The van der Waals surface area contributed by atoms with Crippen LogP contribution in [0.1, 0.15) is 10.4 Å². The van der Waals surface area contributed by atoms with E-state index >= 15 is 0 Å². The number of amides is 4. The van der Waals surface area contributed by atoms with E-state index in [4.69, 9.17) is 19.9 Å². The molecule has 2 aliphatic rings. The number of methoxy groups -OCH3 is 1. The summed E-state index contributed by atoms with van der Waals surface area (Å²) in [7, 11) is 1.46. The number of likely N-dealkylation sites (tertiary alicyclic amines) is 1. The maximum atomic E-state index is 12.4. The van der Waals surface area contributed by atoms with Gasteiger partial charge in [-0.05, 0) is 18.2 Å². The van der Waals surface area contributed by atoms with Gasteiger partial charge < -0.3 is 35.1 Å². The van der Waals surface area contributed by atoms with Crippen molar-refractivity contribution in [1.29, 1.82) is 0 Å². The molecule has 0 radical (unpaired) electrons. The van der Waals surface area contributed by atoms with Crippen molar-refractivity contribution in [2.75, 3.05) is 53.1 Å². The third kappa shape index (κ3) is 4.63. The van der Waals surface area contributed by atoms with Crippen LogP contribution in [0.25, 0.3) is 0 Å². The molecular formula is C18H24N4O6. The Morgan fingerprint density at radius 3 is 2.54 bits per heavy atom. The van der Waals surface area contributed by atoms with E-state index < -0.39 is 6.03 Å². The fraction of sp³-hybridized carbons (Fsp3) is 0.500. The molecule has 2 heterocycles. The van der Waals surface area contributed by atoms with Crippen LogP contribution in [0.3, 0.4) is 0 Å². The minimum Gasteiger partial charge on any atom is -0.493 e. The van der Waals surface area contributed by atoms with Crippen LogP contribution in [0.4, 0.5) is 4.79 Å². The first kappa shape index (κ1) is 19.7. The van der Waals surface area contributed by atoms with Gasteiger partial charge in [0.05, 0.1) is 26.4 Å². The van der Waals surface area contributed by atoms with Crippen molar-refractivity contribution in [1.82, 2.24) is 15.1 Å². The standard InChI is InChI=1S/C18H24N4O6/c1-26-15-8-12(17(24)20-13-9-22(10-13)18(19)25)2-3-14(15)28-11-16(23)21-4-6-27-7-5-21/h2-3,8,13H,4-7,9-11H2,1H3,(H2,19,25)(H,20,24). The lowest BCUT2D eigenvalue weighted by Crippen LogP contribution is -2.62. The molecule has 2 saturated heterocycles. The van der Waals surface area contributed by atoms with Gasteiger partial charge in [0.2, 0.25) is 0 Å². The third-order valence-electron chi connectivity index (χ3n) is 4.67. The van der Waals surface area contributed by atoms with E-state index in [0.717, 1.165) is 0 Å². The molecule has 4 amide bonds. The molecule has 3 N–H and O–H groups in total. The number of primary amides is 1. The van der Waals surface area contributed by atoms with Crippen molar-refractivity contribution in [2.24, 2.45) is 5.73 Å². The van der Waals surface area contributed by atoms with Crippen LogP contribution in [0.5, 0.6) is 11.5 Å². The summed E-state index contributed by atoms with van der Waals surface area (Å²) in [5, 5.41) is 2.82. The van der Waals surface area contributed by atoms with Crippen molar-refractivity contribution in [2.45, 2.75) is 6.04 Å². The van der Waals surface area contributed by atoms with E-state index in [0.29, 0.717) is 56.5 Å². The number of hydrogen-bond donors (Lipinski definition) is 2. The number of carbonyl (C=O) groups excluding carboxylic acids is 3. The molecule has 0 bridgehead atoms. The maximum Gasteiger partial charge on any atom is 0.314 e. The Bertz CT molecular complexity index is 744. The van der Waals surface area contributed by atoms with E-state index in [1.165, 1.54) is 12.0 Å². The minimum absolute atomic E-state index is 0.118. The number of benzene rings is 1. The van der Waals surface area contributed by atoms with E-state index in [-0.39, 0.29) is 24.5 Å². The third-order valence-corrected chi connectivity index (χ3v) is 4.67. The van der Waals surface area contributed by atoms with E-state index in [2.05, 4.69) is 5.32 Å². The molecule has 10 nitrogen and oxygen atoms in total. The zero-order chi connectivity index (χ0) is 20.1. The summed E-state index contributed by atoms with van der Waals surface area (Å²) in [6.07, 6.45) is 0. The Balaban J connectivity index is 1.55. The van der Waals surface area contributed by atoms with Gasteiger partial charge in [-0.15, -0.1) is 0 Å². The molecule has 2 aliphatic heterocycles. The minimum atomic E-state index is -0.500. The van der Waals surface area contributed by atoms with Gasteiger partial charge in [0.1, 0.15) is 0 Å². The summed E-state index contributed by atoms with van der Waals surface area (Å²) < 4.78 is 16.1. The van der Waals surface area contributed by atoms with Crippen LogP contribution in [-0.2, 0) is 9.53 Å². The van der Waals surface area contributed by atoms with Gasteiger partial charge in [0, 0.05) is 31.7 Å². The van der Waals surface area contributed by atoms with Crippen LogP contribution in [-0.4, -0.2) is 86.8 Å². The monoisotopic (exact) mass is 392 g/mol. The van der Waals surface area contributed by atoms with Crippen molar-refractivity contribution in [3.63, 3.8) is 0 Å². The second-order valence-corrected chi connectivity index (χ2v) is 6.56. The first-order chi connectivity index (χ1) is 13.5. The lowest BCUT2D eigenvalue weighted by atomic mass is 10.1. The van der Waals surface area contributed by atoms with Crippen molar-refractivity contribution in [3.8, 4) is 11.5 Å². The molecule has 0 atom stereocenters. The van der Waals surface area contributed by atoms with Gasteiger partial charge in [-0.25, -0.2) is 4.79 Å². The summed E-state index contributed by atoms with van der Waals surface area (Å²) in [5.41, 5.74) is 5.55. The quantitative estimate of drug-likeness (QED) is 0.668. The fourth-order valence-corrected chi connectivity index (χ4v) is 2.99. The topological polar surface area (TPSA) is 123 Å². The second kappa shape index (κ2) is 8.79. The Morgan fingerprint density at radius 2 is 1.89 bits per heavy atom. The van der Waals surface area contributed by atoms with Crippen LogP contribution in [0.2, 0.25) is 0 Å². The van der Waals surface area contributed by atoms with Gasteiger partial charge in [-0.3, -0.25) is 9.59 Å². The molecule has 2 fully saturated rings. The SMILES string of the molecule is COc1cc(C(=O)NC2CN(C(N)=O)C2)ccc1OCC(=O)N1CCOCC1. The summed E-state index contributed by atoms with van der Waals surface area (Å²) >= 11 is 0. The molecular weight excluding hydrogens is 368 g/mol. The number of nitrogens with two attached hydrogens (primary N) is 1. The molecule has 0 spiro atoms. The average Bonchev–Trinajstić information content (AvgIpc) is 2.68. The largest absolute Gasteiger partial charge is 0.493 e. The molecule has 1 aromatic rings. The molecule has 10 heteroatoms. The van der Waals surface area contributed by atoms with Gasteiger partial charge in [-0.2, -0.15) is 0 Å². The number of rotatable bonds is 6. The maximum absolute atomic E-state index is 12.4. The van der Waals surface area contributed by atoms with E-state index in [1.54, 1.807) is 23.1 Å². The Kier molecular flexibility index (Phi) is 6.19. The molecule has 0 aromatic heterocycles. The highest BCUT2D eigenvalue weighted by molar-refractivity contribution is 5.95. The van der Waals surface area contributed by atoms with E-state index in [1.807, 2.05) is 0 Å². The zero-order valence-corrected chi connectivity index (χ0v) is 15.7. The number of nitrogens with one attached hydrogen (secondary N) is 1. The average molecular weight is 392 g/mol. The van der Waals surface area contributed by atoms with Crippen LogP contribution >= 0.6 is 0 Å². The summed E-state index contributed by atoms with van der Waals surface area (Å²) in [6, 6.07) is 4.11. The molecule has 0 saturated carbocycles. The number of ether oxygens (including phenoxy) is 3. The predicted molar refractivity (Wildman–Crippen MR) is 98.3 cm³/mol. The number of hydrogen-bond acceptors (Lipinski definition) is 6. The van der Waals surface area contributed by atoms with Crippen LogP contribution in [0.15, 0.2) is 18.2 Å². The molecule has 3 rings (SSSR count). The smallest absolute Gasteiger partial charge is 0.314 e. The van der Waals surface area contributed by atoms with Crippen molar-refractivity contribution >= 4 is 17.8 Å². The molecule has 0 aliphatic carbocycles. The van der Waals surface area contributed by atoms with Crippen molar-refractivity contribution < 1.29 is 28.6 Å². The van der Waals surface area contributed by atoms with Crippen LogP contribution < -0.4 is 20.5 Å². The van der Waals surface area contributed by atoms with Crippen LogP contribution in [0, 0.1) is 0 Å². The zero-order valence-electron chi connectivity index (χ0n) is 15.7. The fourth-order valence-electron chi connectivity index (χ4n) is 2.99. The summed E-state index contributed by atoms with van der Waals surface area (Å²) in [6.45, 7) is 2.81. The van der Waals surface area contributed by atoms with Gasteiger partial charge in [0.25, 0.3) is 11.8 Å². The lowest BCUT2D eigenvalue weighted by molar-refractivity contribution is -0.137. The number of urea groups is 1. The predicted octanol–water partition coefficient (Wildman–Crippen LogP) is -0.574. The Hall–Kier alpha value is -3.01. The molecule has 1 aromatic carbocycles. The highest BCUT2D eigenvalue weighted by atomic mass is 16.5. The summed E-state index contributed by atoms with van der Waals surface area (Å²) in [4.78, 5) is 38.7. The summed E-state index contributed by atoms with van der Waals surface area (Å²) in [5.74, 6) is 0.318. The van der Waals surface area contributed by atoms with Gasteiger partial charge >= 0.3 is 6.03 Å².